The Labute approximate surface area is 171 Å². The van der Waals surface area contributed by atoms with Gasteiger partial charge in [-0.3, -0.25) is 9.78 Å². The number of amides is 1. The summed E-state index contributed by atoms with van der Waals surface area (Å²) in [4.78, 5) is 22.2. The van der Waals surface area contributed by atoms with E-state index in [9.17, 15) is 4.79 Å². The first-order valence-corrected chi connectivity index (χ1v) is 9.72. The molecule has 146 valence electrons. The van der Waals surface area contributed by atoms with Crippen LogP contribution in [-0.2, 0) is 0 Å². The molecule has 0 saturated carbocycles. The van der Waals surface area contributed by atoms with Gasteiger partial charge in [0.2, 0.25) is 0 Å². The number of anilines is 1. The summed E-state index contributed by atoms with van der Waals surface area (Å²) in [6.45, 7) is 5.76. The van der Waals surface area contributed by atoms with Crippen LogP contribution >= 0.6 is 11.3 Å². The van der Waals surface area contributed by atoms with Crippen molar-refractivity contribution in [3.05, 3.63) is 64.2 Å². The number of hydrogen-bond donors (Lipinski definition) is 2. The minimum atomic E-state index is -0.363. The van der Waals surface area contributed by atoms with Crippen LogP contribution in [0.4, 0.5) is 5.69 Å². The Bertz CT molecular complexity index is 1240. The summed E-state index contributed by atoms with van der Waals surface area (Å²) < 4.78 is 1.74. The number of thiophene rings is 1. The molecular weight excluding hydrogens is 386 g/mol. The number of aromatic nitrogens is 4. The van der Waals surface area contributed by atoms with E-state index >= 15 is 0 Å². The van der Waals surface area contributed by atoms with E-state index in [2.05, 4.69) is 25.6 Å². The first-order chi connectivity index (χ1) is 13.9. The Morgan fingerprint density at radius 2 is 2.03 bits per heavy atom. The van der Waals surface area contributed by atoms with Crippen molar-refractivity contribution in [3.8, 4) is 5.69 Å². The largest absolute Gasteiger partial charge is 0.397 e. The van der Waals surface area contributed by atoms with Crippen molar-refractivity contribution in [2.24, 2.45) is 5.10 Å². The third-order valence-electron chi connectivity index (χ3n) is 4.46. The van der Waals surface area contributed by atoms with Crippen molar-refractivity contribution >= 4 is 39.4 Å². The quantitative estimate of drug-likeness (QED) is 0.400. The maximum atomic E-state index is 12.6. The van der Waals surface area contributed by atoms with Gasteiger partial charge in [-0.2, -0.15) is 10.2 Å². The standard InChI is InChI=1S/C20H19N7OS/c1-11-8-12(2)24-20-16(11)17(21)18(29-20)19(28)25-23-9-14-10-27(26-13(14)3)15-4-6-22-7-5-15/h4-10H,21H2,1-3H3,(H,25,28)/b23-9+. The molecule has 4 aromatic rings. The fourth-order valence-corrected chi connectivity index (χ4v) is 4.18. The van der Waals surface area contributed by atoms with E-state index in [1.165, 1.54) is 11.3 Å². The van der Waals surface area contributed by atoms with Gasteiger partial charge in [0.15, 0.2) is 0 Å². The summed E-state index contributed by atoms with van der Waals surface area (Å²) in [5, 5.41) is 9.36. The van der Waals surface area contributed by atoms with E-state index in [1.807, 2.05) is 45.2 Å². The summed E-state index contributed by atoms with van der Waals surface area (Å²) in [5.74, 6) is -0.363. The normalized spacial score (nSPS) is 11.4. The summed E-state index contributed by atoms with van der Waals surface area (Å²) in [5.41, 5.74) is 13.6. The van der Waals surface area contributed by atoms with Crippen LogP contribution in [0.2, 0.25) is 0 Å². The minimum Gasteiger partial charge on any atom is -0.397 e. The molecule has 1 amide bonds. The van der Waals surface area contributed by atoms with Crippen molar-refractivity contribution in [3.63, 3.8) is 0 Å². The summed E-state index contributed by atoms with van der Waals surface area (Å²) in [6.07, 6.45) is 6.81. The predicted molar refractivity (Wildman–Crippen MR) is 115 cm³/mol. The number of nitrogen functional groups attached to an aromatic ring is 1. The Balaban J connectivity index is 1.54. The molecule has 4 aromatic heterocycles. The smallest absolute Gasteiger partial charge is 0.283 e. The topological polar surface area (TPSA) is 111 Å². The zero-order valence-corrected chi connectivity index (χ0v) is 17.0. The number of hydrazone groups is 1. The molecule has 0 aromatic carbocycles. The maximum Gasteiger partial charge on any atom is 0.283 e. The van der Waals surface area contributed by atoms with Gasteiger partial charge in [-0.05, 0) is 44.5 Å². The number of nitrogens with two attached hydrogens (primary N) is 1. The average Bonchev–Trinajstić information content (AvgIpc) is 3.22. The molecule has 0 saturated heterocycles. The van der Waals surface area contributed by atoms with E-state index in [4.69, 9.17) is 5.73 Å². The highest BCUT2D eigenvalue weighted by Crippen LogP contribution is 2.34. The molecule has 0 aliphatic carbocycles. The molecule has 8 nitrogen and oxygen atoms in total. The molecule has 9 heteroatoms. The van der Waals surface area contributed by atoms with Gasteiger partial charge < -0.3 is 5.73 Å². The van der Waals surface area contributed by atoms with Gasteiger partial charge in [0.1, 0.15) is 9.71 Å². The second-order valence-corrected chi connectivity index (χ2v) is 7.62. The minimum absolute atomic E-state index is 0.363. The number of aryl methyl sites for hydroxylation is 3. The second kappa shape index (κ2) is 7.44. The number of rotatable bonds is 4. The molecule has 0 unspecified atom stereocenters. The summed E-state index contributed by atoms with van der Waals surface area (Å²) >= 11 is 1.27. The Morgan fingerprint density at radius 3 is 2.79 bits per heavy atom. The maximum absolute atomic E-state index is 12.6. The molecule has 0 atom stereocenters. The molecule has 0 radical (unpaired) electrons. The number of pyridine rings is 2. The molecule has 0 bridgehead atoms. The van der Waals surface area contributed by atoms with Gasteiger partial charge >= 0.3 is 0 Å². The highest BCUT2D eigenvalue weighted by molar-refractivity contribution is 7.21. The van der Waals surface area contributed by atoms with Crippen LogP contribution in [0.15, 0.2) is 41.9 Å². The van der Waals surface area contributed by atoms with Crippen molar-refractivity contribution in [1.82, 2.24) is 25.2 Å². The Morgan fingerprint density at radius 1 is 1.28 bits per heavy atom. The van der Waals surface area contributed by atoms with E-state index in [1.54, 1.807) is 23.3 Å². The number of carbonyl (C=O) groups is 1. The van der Waals surface area contributed by atoms with Crippen molar-refractivity contribution in [2.45, 2.75) is 20.8 Å². The van der Waals surface area contributed by atoms with Crippen LogP contribution in [-0.4, -0.2) is 31.9 Å². The van der Waals surface area contributed by atoms with Crippen LogP contribution in [0.5, 0.6) is 0 Å². The molecule has 0 aliphatic heterocycles. The molecule has 0 spiro atoms. The van der Waals surface area contributed by atoms with Crippen LogP contribution in [0.25, 0.3) is 15.9 Å². The summed E-state index contributed by atoms with van der Waals surface area (Å²) in [6, 6.07) is 5.67. The van der Waals surface area contributed by atoms with Crippen LogP contribution in [0.3, 0.4) is 0 Å². The zero-order chi connectivity index (χ0) is 20.5. The van der Waals surface area contributed by atoms with Gasteiger partial charge in [0, 0.05) is 35.2 Å². The molecule has 3 N–H and O–H groups in total. The van der Waals surface area contributed by atoms with Gasteiger partial charge in [0.05, 0.1) is 23.3 Å². The third kappa shape index (κ3) is 3.59. The lowest BCUT2D eigenvalue weighted by Crippen LogP contribution is -2.17. The SMILES string of the molecule is Cc1cc(C)c2c(N)c(C(=O)N/N=C/c3cn(-c4ccncc4)nc3C)sc2n1. The van der Waals surface area contributed by atoms with Crippen molar-refractivity contribution in [2.75, 3.05) is 5.73 Å². The second-order valence-electron chi connectivity index (χ2n) is 6.62. The van der Waals surface area contributed by atoms with Gasteiger partial charge in [-0.15, -0.1) is 11.3 Å². The number of nitrogens with zero attached hydrogens (tertiary/aromatic N) is 5. The van der Waals surface area contributed by atoms with Crippen LogP contribution < -0.4 is 11.2 Å². The lowest BCUT2D eigenvalue weighted by molar-refractivity contribution is 0.0960. The fourth-order valence-electron chi connectivity index (χ4n) is 3.08. The monoisotopic (exact) mass is 405 g/mol. The first-order valence-electron chi connectivity index (χ1n) is 8.90. The highest BCUT2D eigenvalue weighted by Gasteiger charge is 2.18. The van der Waals surface area contributed by atoms with Crippen LogP contribution in [0.1, 0.15) is 32.2 Å². The number of nitrogens with one attached hydrogen (secondary N) is 1. The van der Waals surface area contributed by atoms with E-state index in [0.717, 1.165) is 38.4 Å². The fraction of sp³-hybridized carbons (Fsp3) is 0.150. The first kappa shape index (κ1) is 18.8. The average molecular weight is 405 g/mol. The van der Waals surface area contributed by atoms with E-state index < -0.39 is 0 Å². The predicted octanol–water partition coefficient (Wildman–Crippen LogP) is 3.15. The molecular formula is C20H19N7OS. The Hall–Kier alpha value is -3.59. The highest BCUT2D eigenvalue weighted by atomic mass is 32.1. The lowest BCUT2D eigenvalue weighted by atomic mass is 10.1. The van der Waals surface area contributed by atoms with Gasteiger partial charge in [-0.1, -0.05) is 0 Å². The zero-order valence-electron chi connectivity index (χ0n) is 16.2. The molecule has 0 fully saturated rings. The van der Waals surface area contributed by atoms with Crippen molar-refractivity contribution in [1.29, 1.82) is 0 Å². The van der Waals surface area contributed by atoms with E-state index in [0.29, 0.717) is 10.6 Å². The molecule has 4 rings (SSSR count). The van der Waals surface area contributed by atoms with Gasteiger partial charge in [-0.25, -0.2) is 15.1 Å². The van der Waals surface area contributed by atoms with Crippen molar-refractivity contribution < 1.29 is 4.79 Å². The van der Waals surface area contributed by atoms with E-state index in [-0.39, 0.29) is 5.91 Å². The Kier molecular flexibility index (Phi) is 4.81. The van der Waals surface area contributed by atoms with Gasteiger partial charge in [0.25, 0.3) is 5.91 Å². The number of fused-ring (bicyclic) bond motifs is 1. The lowest BCUT2D eigenvalue weighted by Gasteiger charge is -2.00. The molecule has 29 heavy (non-hydrogen) atoms. The third-order valence-corrected chi connectivity index (χ3v) is 5.56. The molecule has 4 heterocycles. The summed E-state index contributed by atoms with van der Waals surface area (Å²) in [7, 11) is 0. The van der Waals surface area contributed by atoms with Crippen LogP contribution in [0, 0.1) is 20.8 Å². The number of hydrogen-bond acceptors (Lipinski definition) is 7. The number of carbonyl (C=O) groups excluding carboxylic acids is 1. The molecule has 0 aliphatic rings.